The third-order valence-electron chi connectivity index (χ3n) is 5.93. The summed E-state index contributed by atoms with van der Waals surface area (Å²) < 4.78 is 5.24. The number of benzene rings is 1. The molecule has 1 saturated carbocycles. The molecule has 2 aliphatic carbocycles. The van der Waals surface area contributed by atoms with E-state index >= 15 is 0 Å². The van der Waals surface area contributed by atoms with E-state index < -0.39 is 0 Å². The van der Waals surface area contributed by atoms with Gasteiger partial charge in [0.2, 0.25) is 5.91 Å². The molecule has 1 amide bonds. The van der Waals surface area contributed by atoms with E-state index in [4.69, 9.17) is 4.74 Å². The molecule has 4 heteroatoms. The number of amides is 1. The van der Waals surface area contributed by atoms with Crippen molar-refractivity contribution in [2.45, 2.75) is 70.4 Å². The lowest BCUT2D eigenvalue weighted by Gasteiger charge is -2.31. The van der Waals surface area contributed by atoms with E-state index in [2.05, 4.69) is 6.08 Å². The molecule has 1 N–H and O–H groups in total. The largest absolute Gasteiger partial charge is 0.497 e. The van der Waals surface area contributed by atoms with Crippen LogP contribution in [0.5, 0.6) is 5.75 Å². The Bertz CT molecular complexity index is 638. The standard InChI is InChI=1S/C23H33NO3/c1-27-22-12-10-19(11-13-22)17-24(15-14-18-6-3-2-4-7-18)23(26)20-8-5-9-21(25)16-20/h6,10-13,20-21,25H,2-5,7-9,14-17H2,1H3/t20-,21+/m1/s1. The van der Waals surface area contributed by atoms with Crippen LogP contribution in [0.25, 0.3) is 0 Å². The summed E-state index contributed by atoms with van der Waals surface area (Å²) in [6.45, 7) is 1.39. The highest BCUT2D eigenvalue weighted by molar-refractivity contribution is 5.79. The lowest BCUT2D eigenvalue weighted by atomic mass is 9.86. The van der Waals surface area contributed by atoms with E-state index in [0.717, 1.165) is 43.5 Å². The highest BCUT2D eigenvalue weighted by atomic mass is 16.5. The Morgan fingerprint density at radius 1 is 1.19 bits per heavy atom. The summed E-state index contributed by atoms with van der Waals surface area (Å²) in [4.78, 5) is 15.2. The number of aliphatic hydroxyl groups is 1. The zero-order valence-corrected chi connectivity index (χ0v) is 16.5. The van der Waals surface area contributed by atoms with Gasteiger partial charge in [0.05, 0.1) is 13.2 Å². The van der Waals surface area contributed by atoms with Crippen LogP contribution in [0.4, 0.5) is 0 Å². The number of carbonyl (C=O) groups is 1. The van der Waals surface area contributed by atoms with Gasteiger partial charge in [0.25, 0.3) is 0 Å². The minimum absolute atomic E-state index is 0.0349. The first-order valence-electron chi connectivity index (χ1n) is 10.4. The molecule has 2 aliphatic rings. The first-order chi connectivity index (χ1) is 13.2. The van der Waals surface area contributed by atoms with Crippen molar-refractivity contribution in [3.8, 4) is 5.75 Å². The number of carbonyl (C=O) groups excluding carboxylic acids is 1. The van der Waals surface area contributed by atoms with E-state index in [9.17, 15) is 9.90 Å². The molecule has 27 heavy (non-hydrogen) atoms. The van der Waals surface area contributed by atoms with E-state index in [1.165, 1.54) is 31.3 Å². The Kier molecular flexibility index (Phi) is 7.33. The van der Waals surface area contributed by atoms with Crippen LogP contribution in [-0.4, -0.2) is 35.7 Å². The lowest BCUT2D eigenvalue weighted by molar-refractivity contribution is -0.138. The molecule has 0 bridgehead atoms. The molecule has 0 heterocycles. The fraction of sp³-hybridized carbons (Fsp3) is 0.609. The van der Waals surface area contributed by atoms with E-state index in [-0.39, 0.29) is 17.9 Å². The second-order valence-electron chi connectivity index (χ2n) is 7.98. The number of hydrogen-bond acceptors (Lipinski definition) is 3. The molecule has 0 unspecified atom stereocenters. The van der Waals surface area contributed by atoms with Crippen molar-refractivity contribution in [3.05, 3.63) is 41.5 Å². The highest BCUT2D eigenvalue weighted by Gasteiger charge is 2.29. The van der Waals surface area contributed by atoms with Crippen LogP contribution in [0.2, 0.25) is 0 Å². The van der Waals surface area contributed by atoms with Gasteiger partial charge in [-0.1, -0.05) is 30.2 Å². The summed E-state index contributed by atoms with van der Waals surface area (Å²) in [5.41, 5.74) is 2.62. The Balaban J connectivity index is 1.68. The molecule has 0 saturated heterocycles. The minimum Gasteiger partial charge on any atom is -0.497 e. The summed E-state index contributed by atoms with van der Waals surface area (Å²) in [5.74, 6) is 1.01. The maximum absolute atomic E-state index is 13.2. The highest BCUT2D eigenvalue weighted by Crippen LogP contribution is 2.28. The summed E-state index contributed by atoms with van der Waals surface area (Å²) in [5, 5.41) is 10.00. The molecule has 1 aromatic rings. The van der Waals surface area contributed by atoms with Crippen LogP contribution >= 0.6 is 0 Å². The maximum Gasteiger partial charge on any atom is 0.226 e. The van der Waals surface area contributed by atoms with Gasteiger partial charge in [-0.2, -0.15) is 0 Å². The molecule has 1 fully saturated rings. The number of allylic oxidation sites excluding steroid dienone is 1. The number of aliphatic hydroxyl groups excluding tert-OH is 1. The third-order valence-corrected chi connectivity index (χ3v) is 5.93. The number of ether oxygens (including phenoxy) is 1. The fourth-order valence-corrected chi connectivity index (χ4v) is 4.28. The zero-order chi connectivity index (χ0) is 19.1. The molecule has 0 radical (unpaired) electrons. The van der Waals surface area contributed by atoms with Crippen LogP contribution in [0.15, 0.2) is 35.9 Å². The predicted molar refractivity (Wildman–Crippen MR) is 108 cm³/mol. The van der Waals surface area contributed by atoms with E-state index in [1.807, 2.05) is 29.2 Å². The van der Waals surface area contributed by atoms with Gasteiger partial charge in [-0.05, 0) is 69.1 Å². The van der Waals surface area contributed by atoms with Gasteiger partial charge in [-0.25, -0.2) is 0 Å². The molecular weight excluding hydrogens is 338 g/mol. The number of methoxy groups -OCH3 is 1. The smallest absolute Gasteiger partial charge is 0.226 e. The van der Waals surface area contributed by atoms with Crippen LogP contribution in [0.3, 0.4) is 0 Å². The Morgan fingerprint density at radius 3 is 2.67 bits per heavy atom. The summed E-state index contributed by atoms with van der Waals surface area (Å²) >= 11 is 0. The Hall–Kier alpha value is -1.81. The Labute approximate surface area is 163 Å². The van der Waals surface area contributed by atoms with Crippen molar-refractivity contribution >= 4 is 5.91 Å². The summed E-state index contributed by atoms with van der Waals surface area (Å²) in [7, 11) is 1.66. The third kappa shape index (κ3) is 5.83. The zero-order valence-electron chi connectivity index (χ0n) is 16.5. The molecule has 3 rings (SSSR count). The van der Waals surface area contributed by atoms with Gasteiger partial charge < -0.3 is 14.7 Å². The molecule has 0 aromatic heterocycles. The van der Waals surface area contributed by atoms with Crippen LogP contribution in [-0.2, 0) is 11.3 Å². The minimum atomic E-state index is -0.323. The molecule has 0 spiro atoms. The monoisotopic (exact) mass is 371 g/mol. The average Bonchev–Trinajstić information content (AvgIpc) is 2.72. The van der Waals surface area contributed by atoms with Crippen molar-refractivity contribution in [2.24, 2.45) is 5.92 Å². The lowest BCUT2D eigenvalue weighted by Crippen LogP contribution is -2.39. The first-order valence-corrected chi connectivity index (χ1v) is 10.4. The second-order valence-corrected chi connectivity index (χ2v) is 7.98. The SMILES string of the molecule is COc1ccc(CN(CCC2=CCCCC2)C(=O)[C@@H]2CCC[C@H](O)C2)cc1. The first kappa shape index (κ1) is 19.9. The van der Waals surface area contributed by atoms with Gasteiger partial charge in [0, 0.05) is 19.0 Å². The van der Waals surface area contributed by atoms with Crippen LogP contribution in [0, 0.1) is 5.92 Å². The van der Waals surface area contributed by atoms with Crippen molar-refractivity contribution in [2.75, 3.05) is 13.7 Å². The molecule has 0 aliphatic heterocycles. The van der Waals surface area contributed by atoms with Crippen molar-refractivity contribution < 1.29 is 14.6 Å². The summed E-state index contributed by atoms with van der Waals surface area (Å²) in [6, 6.07) is 7.97. The topological polar surface area (TPSA) is 49.8 Å². The molecule has 1 aromatic carbocycles. The average molecular weight is 372 g/mol. The van der Waals surface area contributed by atoms with Gasteiger partial charge in [0.1, 0.15) is 5.75 Å². The van der Waals surface area contributed by atoms with Crippen LogP contribution in [0.1, 0.15) is 63.4 Å². The molecular formula is C23H33NO3. The number of nitrogens with zero attached hydrogens (tertiary/aromatic N) is 1. The second kappa shape index (κ2) is 9.93. The van der Waals surface area contributed by atoms with Gasteiger partial charge >= 0.3 is 0 Å². The van der Waals surface area contributed by atoms with Crippen LogP contribution < -0.4 is 4.74 Å². The quantitative estimate of drug-likeness (QED) is 0.720. The van der Waals surface area contributed by atoms with Crippen molar-refractivity contribution in [1.82, 2.24) is 4.90 Å². The van der Waals surface area contributed by atoms with Gasteiger partial charge in [-0.15, -0.1) is 0 Å². The molecule has 2 atom stereocenters. The Morgan fingerprint density at radius 2 is 2.00 bits per heavy atom. The maximum atomic E-state index is 13.2. The number of hydrogen-bond donors (Lipinski definition) is 1. The van der Waals surface area contributed by atoms with Gasteiger partial charge in [0.15, 0.2) is 0 Å². The fourth-order valence-electron chi connectivity index (χ4n) is 4.28. The number of rotatable bonds is 7. The predicted octanol–water partition coefficient (Wildman–Crippen LogP) is 4.47. The van der Waals surface area contributed by atoms with Crippen molar-refractivity contribution in [1.29, 1.82) is 0 Å². The van der Waals surface area contributed by atoms with E-state index in [0.29, 0.717) is 13.0 Å². The molecule has 4 nitrogen and oxygen atoms in total. The summed E-state index contributed by atoms with van der Waals surface area (Å²) in [6.07, 6.45) is 11.2. The van der Waals surface area contributed by atoms with Gasteiger partial charge in [-0.3, -0.25) is 4.79 Å². The van der Waals surface area contributed by atoms with Crippen molar-refractivity contribution in [3.63, 3.8) is 0 Å². The van der Waals surface area contributed by atoms with E-state index in [1.54, 1.807) is 7.11 Å². The normalized spacial score (nSPS) is 22.8. The molecule has 148 valence electrons.